The van der Waals surface area contributed by atoms with Crippen molar-refractivity contribution in [3.63, 3.8) is 0 Å². The number of fused-ring (bicyclic) bond motifs is 1. The Bertz CT molecular complexity index is 479. The van der Waals surface area contributed by atoms with Gasteiger partial charge in [-0.2, -0.15) is 0 Å². The number of hydrogen-bond donors (Lipinski definition) is 0. The lowest BCUT2D eigenvalue weighted by Crippen LogP contribution is -2.24. The Morgan fingerprint density at radius 2 is 2.06 bits per heavy atom. The largest absolute Gasteiger partial charge is 0.371 e. The molecule has 0 atom stereocenters. The Labute approximate surface area is 111 Å². The minimum absolute atomic E-state index is 1.03. The predicted octanol–water partition coefficient (Wildman–Crippen LogP) is 3.85. The molecule has 0 unspecified atom stereocenters. The minimum Gasteiger partial charge on any atom is -0.371 e. The van der Waals surface area contributed by atoms with E-state index in [0.717, 1.165) is 30.4 Å². The molecule has 0 aliphatic rings. The first-order valence-corrected chi connectivity index (χ1v) is 7.13. The quantitative estimate of drug-likeness (QED) is 0.778. The molecule has 0 fully saturated rings. The van der Waals surface area contributed by atoms with Gasteiger partial charge in [-0.3, -0.25) is 4.98 Å². The lowest BCUT2D eigenvalue weighted by Gasteiger charge is -2.24. The monoisotopic (exact) mass is 292 g/mol. The van der Waals surface area contributed by atoms with Crippen LogP contribution in [-0.4, -0.2) is 23.4 Å². The van der Waals surface area contributed by atoms with Crippen LogP contribution in [0.1, 0.15) is 13.3 Å². The number of halogens is 1. The smallest absolute Gasteiger partial charge is 0.0722 e. The third-order valence-corrected chi connectivity index (χ3v) is 3.47. The van der Waals surface area contributed by atoms with Gasteiger partial charge in [0.1, 0.15) is 0 Å². The second kappa shape index (κ2) is 6.01. The summed E-state index contributed by atoms with van der Waals surface area (Å²) in [6, 6.07) is 10.4. The van der Waals surface area contributed by atoms with Gasteiger partial charge in [0.05, 0.1) is 5.52 Å². The van der Waals surface area contributed by atoms with Crippen LogP contribution in [0.2, 0.25) is 0 Å². The summed E-state index contributed by atoms with van der Waals surface area (Å²) in [5, 5.41) is 2.29. The summed E-state index contributed by atoms with van der Waals surface area (Å²) in [4.78, 5) is 6.81. The normalized spacial score (nSPS) is 10.7. The summed E-state index contributed by atoms with van der Waals surface area (Å²) >= 11 is 3.49. The van der Waals surface area contributed by atoms with Crippen LogP contribution in [0, 0.1) is 0 Å². The summed E-state index contributed by atoms with van der Waals surface area (Å²) < 4.78 is 0. The van der Waals surface area contributed by atoms with Gasteiger partial charge in [0, 0.05) is 35.7 Å². The van der Waals surface area contributed by atoms with Crippen molar-refractivity contribution in [2.75, 3.05) is 23.3 Å². The molecule has 0 spiro atoms. The van der Waals surface area contributed by atoms with Crippen molar-refractivity contribution >= 4 is 32.5 Å². The molecule has 0 N–H and O–H groups in total. The minimum atomic E-state index is 1.03. The molecule has 17 heavy (non-hydrogen) atoms. The molecule has 2 nitrogen and oxygen atoms in total. The molecule has 3 heteroatoms. The van der Waals surface area contributed by atoms with Gasteiger partial charge in [0.15, 0.2) is 0 Å². The summed E-state index contributed by atoms with van der Waals surface area (Å²) in [7, 11) is 0. The number of anilines is 1. The summed E-state index contributed by atoms with van der Waals surface area (Å²) in [6.45, 7) is 4.31. The Balaban J connectivity index is 2.38. The number of alkyl halides is 1. The van der Waals surface area contributed by atoms with Gasteiger partial charge in [0.25, 0.3) is 0 Å². The van der Waals surface area contributed by atoms with Gasteiger partial charge >= 0.3 is 0 Å². The molecule has 2 rings (SSSR count). The molecule has 1 aromatic heterocycles. The SMILES string of the molecule is CCN(CCCBr)c1ccnc2ccccc12. The van der Waals surface area contributed by atoms with Gasteiger partial charge in [-0.1, -0.05) is 34.1 Å². The van der Waals surface area contributed by atoms with E-state index in [2.05, 4.69) is 57.0 Å². The van der Waals surface area contributed by atoms with Crippen LogP contribution in [0.5, 0.6) is 0 Å². The highest BCUT2D eigenvalue weighted by atomic mass is 79.9. The van der Waals surface area contributed by atoms with Crippen molar-refractivity contribution in [2.24, 2.45) is 0 Å². The van der Waals surface area contributed by atoms with Crippen molar-refractivity contribution in [1.82, 2.24) is 4.98 Å². The van der Waals surface area contributed by atoms with Crippen LogP contribution in [-0.2, 0) is 0 Å². The highest BCUT2D eigenvalue weighted by Gasteiger charge is 2.07. The highest BCUT2D eigenvalue weighted by Crippen LogP contribution is 2.25. The number of aromatic nitrogens is 1. The molecule has 0 aliphatic heterocycles. The summed E-state index contributed by atoms with van der Waals surface area (Å²) in [5.41, 5.74) is 2.36. The molecule has 0 saturated heterocycles. The molecule has 0 radical (unpaired) electrons. The lowest BCUT2D eigenvalue weighted by molar-refractivity contribution is 0.802. The number of pyridine rings is 1. The van der Waals surface area contributed by atoms with Crippen molar-refractivity contribution in [2.45, 2.75) is 13.3 Å². The molecule has 0 bridgehead atoms. The van der Waals surface area contributed by atoms with Crippen molar-refractivity contribution in [1.29, 1.82) is 0 Å². The van der Waals surface area contributed by atoms with Crippen molar-refractivity contribution in [3.8, 4) is 0 Å². The fourth-order valence-electron chi connectivity index (χ4n) is 2.06. The zero-order chi connectivity index (χ0) is 12.1. The number of nitrogens with zero attached hydrogens (tertiary/aromatic N) is 2. The van der Waals surface area contributed by atoms with E-state index in [1.807, 2.05) is 12.3 Å². The average Bonchev–Trinajstić information content (AvgIpc) is 2.40. The third kappa shape index (κ3) is 2.78. The van der Waals surface area contributed by atoms with Crippen LogP contribution in [0.15, 0.2) is 36.5 Å². The van der Waals surface area contributed by atoms with E-state index in [9.17, 15) is 0 Å². The maximum Gasteiger partial charge on any atom is 0.0722 e. The number of hydrogen-bond acceptors (Lipinski definition) is 2. The molecule has 0 amide bonds. The van der Waals surface area contributed by atoms with Gasteiger partial charge in [0.2, 0.25) is 0 Å². The van der Waals surface area contributed by atoms with E-state index in [4.69, 9.17) is 0 Å². The number of benzene rings is 1. The zero-order valence-corrected chi connectivity index (χ0v) is 11.7. The highest BCUT2D eigenvalue weighted by molar-refractivity contribution is 9.09. The van der Waals surface area contributed by atoms with E-state index >= 15 is 0 Å². The van der Waals surface area contributed by atoms with E-state index in [1.54, 1.807) is 0 Å². The van der Waals surface area contributed by atoms with Gasteiger partial charge in [-0.05, 0) is 25.5 Å². The molecular weight excluding hydrogens is 276 g/mol. The Morgan fingerprint density at radius 3 is 2.82 bits per heavy atom. The topological polar surface area (TPSA) is 16.1 Å². The van der Waals surface area contributed by atoms with E-state index in [0.29, 0.717) is 0 Å². The molecule has 1 aromatic carbocycles. The van der Waals surface area contributed by atoms with Crippen LogP contribution >= 0.6 is 15.9 Å². The molecule has 2 aromatic rings. The predicted molar refractivity (Wildman–Crippen MR) is 78.0 cm³/mol. The molecule has 0 aliphatic carbocycles. The van der Waals surface area contributed by atoms with Gasteiger partial charge in [-0.15, -0.1) is 0 Å². The molecule has 0 saturated carbocycles. The van der Waals surface area contributed by atoms with E-state index in [-0.39, 0.29) is 0 Å². The second-order valence-electron chi connectivity index (χ2n) is 3.97. The fraction of sp³-hybridized carbons (Fsp3) is 0.357. The van der Waals surface area contributed by atoms with Crippen molar-refractivity contribution < 1.29 is 0 Å². The maximum atomic E-state index is 4.40. The Hall–Kier alpha value is -1.09. The molecule has 90 valence electrons. The Morgan fingerprint density at radius 1 is 1.24 bits per heavy atom. The van der Waals surface area contributed by atoms with Crippen LogP contribution < -0.4 is 4.90 Å². The van der Waals surface area contributed by atoms with E-state index in [1.165, 1.54) is 11.1 Å². The van der Waals surface area contributed by atoms with Crippen molar-refractivity contribution in [3.05, 3.63) is 36.5 Å². The molecular formula is C14H17BrN2. The van der Waals surface area contributed by atoms with Crippen LogP contribution in [0.4, 0.5) is 5.69 Å². The van der Waals surface area contributed by atoms with Crippen LogP contribution in [0.3, 0.4) is 0 Å². The Kier molecular flexibility index (Phi) is 4.37. The first kappa shape index (κ1) is 12.4. The zero-order valence-electron chi connectivity index (χ0n) is 10.1. The lowest BCUT2D eigenvalue weighted by atomic mass is 10.1. The first-order valence-electron chi connectivity index (χ1n) is 6.01. The van der Waals surface area contributed by atoms with Crippen LogP contribution in [0.25, 0.3) is 10.9 Å². The summed E-state index contributed by atoms with van der Waals surface area (Å²) in [6.07, 6.45) is 3.05. The second-order valence-corrected chi connectivity index (χ2v) is 4.76. The van der Waals surface area contributed by atoms with E-state index < -0.39 is 0 Å². The third-order valence-electron chi connectivity index (χ3n) is 2.91. The summed E-state index contributed by atoms with van der Waals surface area (Å²) in [5.74, 6) is 0. The first-order chi connectivity index (χ1) is 8.36. The molecule has 1 heterocycles. The maximum absolute atomic E-state index is 4.40. The van der Waals surface area contributed by atoms with Gasteiger partial charge < -0.3 is 4.90 Å². The average molecular weight is 293 g/mol. The fourth-order valence-corrected chi connectivity index (χ4v) is 2.31. The van der Waals surface area contributed by atoms with Gasteiger partial charge in [-0.25, -0.2) is 0 Å². The standard InChI is InChI=1S/C14H17BrN2/c1-2-17(11-5-9-15)14-8-10-16-13-7-4-3-6-12(13)14/h3-4,6-8,10H,2,5,9,11H2,1H3. The number of para-hydroxylation sites is 1. The number of rotatable bonds is 5.